The van der Waals surface area contributed by atoms with Gasteiger partial charge in [-0.15, -0.1) is 0 Å². The number of hydrogen-bond donors (Lipinski definition) is 0. The van der Waals surface area contributed by atoms with E-state index in [1.807, 2.05) is 0 Å². The number of fused-ring (bicyclic) bond motifs is 1. The van der Waals surface area contributed by atoms with Crippen molar-refractivity contribution in [3.63, 3.8) is 0 Å². The lowest BCUT2D eigenvalue weighted by atomic mass is 9.85. The molecule has 0 aromatic carbocycles. The van der Waals surface area contributed by atoms with Crippen molar-refractivity contribution in [3.05, 3.63) is 0 Å². The Morgan fingerprint density at radius 3 is 2.65 bits per heavy atom. The lowest BCUT2D eigenvalue weighted by Gasteiger charge is -2.41. The second-order valence-corrected chi connectivity index (χ2v) is 6.36. The third kappa shape index (κ3) is 3.47. The Hall–Kier alpha value is -0.0400. The number of nitrogens with zero attached hydrogens (tertiary/aromatic N) is 1. The summed E-state index contributed by atoms with van der Waals surface area (Å²) in [7, 11) is 0. The van der Waals surface area contributed by atoms with Crippen LogP contribution in [-0.2, 0) is 0 Å². The fraction of sp³-hybridized carbons (Fsp3) is 1.00. The van der Waals surface area contributed by atoms with Crippen LogP contribution in [0.2, 0.25) is 0 Å². The zero-order chi connectivity index (χ0) is 12.1. The summed E-state index contributed by atoms with van der Waals surface area (Å²) >= 11 is 0. The Morgan fingerprint density at radius 2 is 1.82 bits per heavy atom. The van der Waals surface area contributed by atoms with Crippen molar-refractivity contribution in [2.45, 2.75) is 90.1 Å². The molecule has 1 nitrogen and oxygen atoms in total. The molecule has 2 aliphatic rings. The molecule has 0 amide bonds. The van der Waals surface area contributed by atoms with Crippen LogP contribution in [0.3, 0.4) is 0 Å². The molecular formula is C16H31N. The highest BCUT2D eigenvalue weighted by Gasteiger charge is 2.37. The minimum atomic E-state index is 0.945. The highest BCUT2D eigenvalue weighted by molar-refractivity contribution is 4.92. The summed E-state index contributed by atoms with van der Waals surface area (Å²) in [5.74, 6) is 0.967. The van der Waals surface area contributed by atoms with Gasteiger partial charge >= 0.3 is 0 Å². The third-order valence-corrected chi connectivity index (χ3v) is 5.06. The van der Waals surface area contributed by atoms with Gasteiger partial charge in [0.15, 0.2) is 0 Å². The molecule has 0 spiro atoms. The molecule has 2 fully saturated rings. The predicted molar refractivity (Wildman–Crippen MR) is 75.3 cm³/mol. The van der Waals surface area contributed by atoms with Gasteiger partial charge in [-0.1, -0.05) is 46.0 Å². The molecule has 0 unspecified atom stereocenters. The van der Waals surface area contributed by atoms with Gasteiger partial charge in [0, 0.05) is 12.1 Å². The van der Waals surface area contributed by atoms with E-state index >= 15 is 0 Å². The maximum atomic E-state index is 2.87. The van der Waals surface area contributed by atoms with E-state index < -0.39 is 0 Å². The van der Waals surface area contributed by atoms with Crippen molar-refractivity contribution < 1.29 is 0 Å². The summed E-state index contributed by atoms with van der Waals surface area (Å²) in [5.41, 5.74) is 0. The molecule has 0 aromatic heterocycles. The standard InChI is InChI=1S/C16H31N/c1-3-4-5-6-7-9-15-12-11-14(2)16-10-8-13-17(15)16/h14-16H,3-13H2,1-2H3/t14-,15-,16+/m1/s1. The Labute approximate surface area is 108 Å². The van der Waals surface area contributed by atoms with E-state index in [1.165, 1.54) is 70.8 Å². The van der Waals surface area contributed by atoms with Crippen LogP contribution in [0.25, 0.3) is 0 Å². The van der Waals surface area contributed by atoms with Crippen molar-refractivity contribution in [3.8, 4) is 0 Å². The zero-order valence-corrected chi connectivity index (χ0v) is 12.0. The van der Waals surface area contributed by atoms with Crippen molar-refractivity contribution in [1.82, 2.24) is 4.90 Å². The topological polar surface area (TPSA) is 3.24 Å². The average molecular weight is 237 g/mol. The first-order valence-corrected chi connectivity index (χ1v) is 8.08. The predicted octanol–water partition coefficient (Wildman–Crippen LogP) is 4.61. The Balaban J connectivity index is 1.69. The van der Waals surface area contributed by atoms with Gasteiger partial charge in [0.05, 0.1) is 0 Å². The Bertz CT molecular complexity index is 214. The van der Waals surface area contributed by atoms with E-state index in [9.17, 15) is 0 Å². The summed E-state index contributed by atoms with van der Waals surface area (Å²) in [4.78, 5) is 2.87. The molecule has 2 heterocycles. The number of unbranched alkanes of at least 4 members (excludes halogenated alkanes) is 4. The molecule has 0 saturated carbocycles. The van der Waals surface area contributed by atoms with Gasteiger partial charge < -0.3 is 0 Å². The molecular weight excluding hydrogens is 206 g/mol. The van der Waals surface area contributed by atoms with Crippen LogP contribution in [0.15, 0.2) is 0 Å². The summed E-state index contributed by atoms with van der Waals surface area (Å²) in [6.07, 6.45) is 14.6. The SMILES string of the molecule is CCCCCCC[C@@H]1CC[C@@H](C)[C@@H]2CCCN12. The smallest absolute Gasteiger partial charge is 0.0124 e. The van der Waals surface area contributed by atoms with Gasteiger partial charge in [-0.3, -0.25) is 4.90 Å². The van der Waals surface area contributed by atoms with Gasteiger partial charge in [-0.2, -0.15) is 0 Å². The average Bonchev–Trinajstić information content (AvgIpc) is 2.81. The van der Waals surface area contributed by atoms with Crippen LogP contribution in [0, 0.1) is 5.92 Å². The lowest BCUT2D eigenvalue weighted by molar-refractivity contribution is 0.0750. The molecule has 0 N–H and O–H groups in total. The fourth-order valence-electron chi connectivity index (χ4n) is 3.99. The molecule has 1 heteroatoms. The van der Waals surface area contributed by atoms with Crippen LogP contribution < -0.4 is 0 Å². The highest BCUT2D eigenvalue weighted by atomic mass is 15.2. The first-order valence-electron chi connectivity index (χ1n) is 8.08. The normalized spacial score (nSPS) is 33.9. The molecule has 2 aliphatic heterocycles. The molecule has 3 atom stereocenters. The molecule has 0 aliphatic carbocycles. The van der Waals surface area contributed by atoms with Crippen molar-refractivity contribution >= 4 is 0 Å². The summed E-state index contributed by atoms with van der Waals surface area (Å²) in [6.45, 7) is 6.17. The number of hydrogen-bond acceptors (Lipinski definition) is 1. The molecule has 0 bridgehead atoms. The van der Waals surface area contributed by atoms with E-state index in [-0.39, 0.29) is 0 Å². The van der Waals surface area contributed by atoms with E-state index in [1.54, 1.807) is 0 Å². The number of rotatable bonds is 6. The molecule has 2 saturated heterocycles. The quantitative estimate of drug-likeness (QED) is 0.610. The zero-order valence-electron chi connectivity index (χ0n) is 12.0. The molecule has 0 radical (unpaired) electrons. The van der Waals surface area contributed by atoms with Crippen molar-refractivity contribution in [1.29, 1.82) is 0 Å². The van der Waals surface area contributed by atoms with Crippen LogP contribution in [-0.4, -0.2) is 23.5 Å². The minimum absolute atomic E-state index is 0.945. The van der Waals surface area contributed by atoms with E-state index in [0.29, 0.717) is 0 Å². The fourth-order valence-corrected chi connectivity index (χ4v) is 3.99. The lowest BCUT2D eigenvalue weighted by Crippen LogP contribution is -2.46. The Morgan fingerprint density at radius 1 is 1.00 bits per heavy atom. The van der Waals surface area contributed by atoms with Gasteiger partial charge in [0.1, 0.15) is 0 Å². The van der Waals surface area contributed by atoms with Crippen molar-refractivity contribution in [2.75, 3.05) is 6.54 Å². The maximum Gasteiger partial charge on any atom is 0.0124 e. The summed E-state index contributed by atoms with van der Waals surface area (Å²) in [6, 6.07) is 1.89. The second-order valence-electron chi connectivity index (χ2n) is 6.36. The molecule has 100 valence electrons. The maximum absolute atomic E-state index is 2.87. The first-order chi connectivity index (χ1) is 8.33. The monoisotopic (exact) mass is 237 g/mol. The van der Waals surface area contributed by atoms with E-state index in [2.05, 4.69) is 18.7 Å². The molecule has 0 aromatic rings. The highest BCUT2D eigenvalue weighted by Crippen LogP contribution is 2.36. The van der Waals surface area contributed by atoms with E-state index in [0.717, 1.165) is 18.0 Å². The largest absolute Gasteiger partial charge is 0.297 e. The Kier molecular flexibility index (Phi) is 5.34. The summed E-state index contributed by atoms with van der Waals surface area (Å²) in [5, 5.41) is 0. The van der Waals surface area contributed by atoms with Crippen LogP contribution in [0.1, 0.15) is 78.1 Å². The van der Waals surface area contributed by atoms with Gasteiger partial charge in [-0.25, -0.2) is 0 Å². The molecule has 2 rings (SSSR count). The molecule has 17 heavy (non-hydrogen) atoms. The van der Waals surface area contributed by atoms with Gasteiger partial charge in [-0.05, 0) is 44.6 Å². The first kappa shape index (κ1) is 13.4. The van der Waals surface area contributed by atoms with Crippen LogP contribution in [0.4, 0.5) is 0 Å². The van der Waals surface area contributed by atoms with Gasteiger partial charge in [0.2, 0.25) is 0 Å². The minimum Gasteiger partial charge on any atom is -0.297 e. The van der Waals surface area contributed by atoms with Crippen LogP contribution in [0.5, 0.6) is 0 Å². The number of piperidine rings is 1. The summed E-state index contributed by atoms with van der Waals surface area (Å²) < 4.78 is 0. The van der Waals surface area contributed by atoms with Crippen LogP contribution >= 0.6 is 0 Å². The second kappa shape index (κ2) is 6.78. The van der Waals surface area contributed by atoms with Gasteiger partial charge in [0.25, 0.3) is 0 Å². The van der Waals surface area contributed by atoms with Crippen molar-refractivity contribution in [2.24, 2.45) is 5.92 Å². The third-order valence-electron chi connectivity index (χ3n) is 5.06. The van der Waals surface area contributed by atoms with E-state index in [4.69, 9.17) is 0 Å².